The number of hydrogen-bond acceptors (Lipinski definition) is 2. The molecule has 1 rings (SSSR count). The molecule has 0 aromatic heterocycles. The zero-order valence-corrected chi connectivity index (χ0v) is 11.7. The van der Waals surface area contributed by atoms with Crippen LogP contribution in [0.1, 0.15) is 45.3 Å². The molecule has 0 aliphatic heterocycles. The van der Waals surface area contributed by atoms with Crippen molar-refractivity contribution in [2.24, 2.45) is 0 Å². The number of hydrogen-bond donors (Lipinski definition) is 1. The number of nitrogens with zero attached hydrogens (tertiary/aromatic N) is 1. The Morgan fingerprint density at radius 2 is 1.82 bits per heavy atom. The minimum atomic E-state index is -0.465. The SMILES string of the molecule is CCCN(CCC)c1ccc([C@H](C)O)cc1Cl. The molecular formula is C14H22ClNO. The van der Waals surface area contributed by atoms with Crippen molar-refractivity contribution in [2.45, 2.75) is 39.7 Å². The summed E-state index contributed by atoms with van der Waals surface area (Å²) in [5.41, 5.74) is 1.94. The van der Waals surface area contributed by atoms with Crippen LogP contribution in [0.5, 0.6) is 0 Å². The van der Waals surface area contributed by atoms with Crippen LogP contribution in [0.4, 0.5) is 5.69 Å². The Morgan fingerprint density at radius 3 is 2.24 bits per heavy atom. The van der Waals surface area contributed by atoms with Gasteiger partial charge >= 0.3 is 0 Å². The van der Waals surface area contributed by atoms with Crippen molar-refractivity contribution in [1.82, 2.24) is 0 Å². The van der Waals surface area contributed by atoms with E-state index in [1.807, 2.05) is 18.2 Å². The lowest BCUT2D eigenvalue weighted by molar-refractivity contribution is 0.199. The van der Waals surface area contributed by atoms with Gasteiger partial charge in [0, 0.05) is 13.1 Å². The standard InChI is InChI=1S/C14H22ClNO/c1-4-8-16(9-5-2)14-7-6-12(11(3)17)10-13(14)15/h6-7,10-11,17H,4-5,8-9H2,1-3H3/t11-/m0/s1. The molecule has 0 bridgehead atoms. The van der Waals surface area contributed by atoms with Crippen molar-refractivity contribution in [2.75, 3.05) is 18.0 Å². The topological polar surface area (TPSA) is 23.5 Å². The van der Waals surface area contributed by atoms with E-state index in [1.165, 1.54) is 0 Å². The quantitative estimate of drug-likeness (QED) is 0.830. The van der Waals surface area contributed by atoms with Crippen LogP contribution in [0.2, 0.25) is 5.02 Å². The smallest absolute Gasteiger partial charge is 0.0762 e. The van der Waals surface area contributed by atoms with Gasteiger partial charge < -0.3 is 10.0 Å². The molecule has 17 heavy (non-hydrogen) atoms. The van der Waals surface area contributed by atoms with E-state index in [1.54, 1.807) is 6.92 Å². The molecule has 1 N–H and O–H groups in total. The molecule has 0 aliphatic rings. The number of anilines is 1. The molecule has 0 radical (unpaired) electrons. The molecule has 3 heteroatoms. The lowest BCUT2D eigenvalue weighted by atomic mass is 10.1. The lowest BCUT2D eigenvalue weighted by Gasteiger charge is -2.25. The Kier molecular flexibility index (Phi) is 5.79. The minimum absolute atomic E-state index is 0.465. The summed E-state index contributed by atoms with van der Waals surface area (Å²) in [6.07, 6.45) is 1.75. The van der Waals surface area contributed by atoms with E-state index in [-0.39, 0.29) is 0 Å². The third-order valence-corrected chi connectivity index (χ3v) is 3.08. The highest BCUT2D eigenvalue weighted by Crippen LogP contribution is 2.29. The molecule has 0 amide bonds. The Bertz CT molecular complexity index is 346. The first-order valence-electron chi connectivity index (χ1n) is 6.32. The molecule has 0 fully saturated rings. The van der Waals surface area contributed by atoms with Crippen molar-refractivity contribution in [3.8, 4) is 0 Å². The first-order chi connectivity index (χ1) is 8.10. The second kappa shape index (κ2) is 6.87. The Hall–Kier alpha value is -0.730. The minimum Gasteiger partial charge on any atom is -0.389 e. The summed E-state index contributed by atoms with van der Waals surface area (Å²) in [5, 5.41) is 10.2. The predicted molar refractivity (Wildman–Crippen MR) is 74.9 cm³/mol. The normalized spacial score (nSPS) is 12.5. The maximum Gasteiger partial charge on any atom is 0.0762 e. The summed E-state index contributed by atoms with van der Waals surface area (Å²) in [6.45, 7) is 8.12. The Labute approximate surface area is 109 Å². The Balaban J connectivity index is 2.95. The van der Waals surface area contributed by atoms with Gasteiger partial charge in [-0.1, -0.05) is 31.5 Å². The fourth-order valence-electron chi connectivity index (χ4n) is 1.93. The average molecular weight is 256 g/mol. The number of aliphatic hydroxyl groups is 1. The molecule has 0 aliphatic carbocycles. The van der Waals surface area contributed by atoms with Gasteiger partial charge in [0.1, 0.15) is 0 Å². The van der Waals surface area contributed by atoms with E-state index in [9.17, 15) is 5.11 Å². The molecule has 0 unspecified atom stereocenters. The summed E-state index contributed by atoms with van der Waals surface area (Å²) in [7, 11) is 0. The molecule has 1 aromatic rings. The number of halogens is 1. The lowest BCUT2D eigenvalue weighted by Crippen LogP contribution is -2.25. The molecule has 0 saturated carbocycles. The largest absolute Gasteiger partial charge is 0.389 e. The van der Waals surface area contributed by atoms with Gasteiger partial charge in [-0.2, -0.15) is 0 Å². The van der Waals surface area contributed by atoms with Gasteiger partial charge in [0.15, 0.2) is 0 Å². The number of rotatable bonds is 6. The second-order valence-electron chi connectivity index (χ2n) is 4.37. The molecule has 0 saturated heterocycles. The first-order valence-corrected chi connectivity index (χ1v) is 6.70. The van der Waals surface area contributed by atoms with E-state index in [0.717, 1.165) is 42.2 Å². The highest BCUT2D eigenvalue weighted by Gasteiger charge is 2.10. The zero-order chi connectivity index (χ0) is 12.8. The summed E-state index contributed by atoms with van der Waals surface area (Å²) in [4.78, 5) is 2.30. The third kappa shape index (κ3) is 3.90. The van der Waals surface area contributed by atoms with Crippen LogP contribution in [-0.4, -0.2) is 18.2 Å². The van der Waals surface area contributed by atoms with Gasteiger partial charge in [-0.15, -0.1) is 0 Å². The van der Waals surface area contributed by atoms with E-state index in [2.05, 4.69) is 18.7 Å². The van der Waals surface area contributed by atoms with Crippen molar-refractivity contribution in [3.05, 3.63) is 28.8 Å². The molecular weight excluding hydrogens is 234 g/mol. The zero-order valence-electron chi connectivity index (χ0n) is 10.9. The molecule has 1 aromatic carbocycles. The Morgan fingerprint density at radius 1 is 1.24 bits per heavy atom. The molecule has 1 atom stereocenters. The molecule has 96 valence electrons. The van der Waals surface area contributed by atoms with Crippen LogP contribution in [0.3, 0.4) is 0 Å². The average Bonchev–Trinajstić information content (AvgIpc) is 2.28. The summed E-state index contributed by atoms with van der Waals surface area (Å²) in [6, 6.07) is 5.82. The van der Waals surface area contributed by atoms with Crippen LogP contribution in [-0.2, 0) is 0 Å². The first kappa shape index (κ1) is 14.3. The van der Waals surface area contributed by atoms with Crippen LogP contribution < -0.4 is 4.90 Å². The van der Waals surface area contributed by atoms with Crippen molar-refractivity contribution in [1.29, 1.82) is 0 Å². The summed E-state index contributed by atoms with van der Waals surface area (Å²) in [5.74, 6) is 0. The third-order valence-electron chi connectivity index (χ3n) is 2.78. The van der Waals surface area contributed by atoms with Gasteiger partial charge in [-0.05, 0) is 37.5 Å². The summed E-state index contributed by atoms with van der Waals surface area (Å²) < 4.78 is 0. The number of benzene rings is 1. The molecule has 2 nitrogen and oxygen atoms in total. The van der Waals surface area contributed by atoms with E-state index in [4.69, 9.17) is 11.6 Å². The fourth-order valence-corrected chi connectivity index (χ4v) is 2.24. The maximum absolute atomic E-state index is 9.51. The van der Waals surface area contributed by atoms with Crippen molar-refractivity contribution in [3.63, 3.8) is 0 Å². The van der Waals surface area contributed by atoms with Crippen LogP contribution in [0, 0.1) is 0 Å². The highest BCUT2D eigenvalue weighted by atomic mass is 35.5. The van der Waals surface area contributed by atoms with Crippen molar-refractivity contribution >= 4 is 17.3 Å². The van der Waals surface area contributed by atoms with Crippen LogP contribution in [0.25, 0.3) is 0 Å². The monoisotopic (exact) mass is 255 g/mol. The summed E-state index contributed by atoms with van der Waals surface area (Å²) >= 11 is 6.29. The van der Waals surface area contributed by atoms with Crippen LogP contribution in [0.15, 0.2) is 18.2 Å². The number of aliphatic hydroxyl groups excluding tert-OH is 1. The maximum atomic E-state index is 9.51. The van der Waals surface area contributed by atoms with Gasteiger partial charge in [0.25, 0.3) is 0 Å². The van der Waals surface area contributed by atoms with E-state index >= 15 is 0 Å². The van der Waals surface area contributed by atoms with Gasteiger partial charge in [-0.25, -0.2) is 0 Å². The predicted octanol–water partition coefficient (Wildman–Crippen LogP) is 4.02. The molecule has 0 spiro atoms. The fraction of sp³-hybridized carbons (Fsp3) is 0.571. The van der Waals surface area contributed by atoms with Crippen molar-refractivity contribution < 1.29 is 5.11 Å². The molecule has 0 heterocycles. The van der Waals surface area contributed by atoms with Gasteiger partial charge in [0.2, 0.25) is 0 Å². The van der Waals surface area contributed by atoms with Gasteiger partial charge in [-0.3, -0.25) is 0 Å². The van der Waals surface area contributed by atoms with E-state index in [0.29, 0.717) is 0 Å². The van der Waals surface area contributed by atoms with E-state index < -0.39 is 6.10 Å². The second-order valence-corrected chi connectivity index (χ2v) is 4.78. The van der Waals surface area contributed by atoms with Gasteiger partial charge in [0.05, 0.1) is 16.8 Å². The highest BCUT2D eigenvalue weighted by molar-refractivity contribution is 6.33. The van der Waals surface area contributed by atoms with Crippen LogP contribution >= 0.6 is 11.6 Å².